The van der Waals surface area contributed by atoms with Crippen LogP contribution in [0.25, 0.3) is 15.0 Å². The topological polar surface area (TPSA) is 34.4 Å². The van der Waals surface area contributed by atoms with Gasteiger partial charge in [0.1, 0.15) is 5.69 Å². The molecule has 4 rings (SSSR count). The molecule has 0 radical (unpaired) electrons. The molecule has 0 unspecified atom stereocenters. The highest BCUT2D eigenvalue weighted by atomic mass is 35.5. The minimum absolute atomic E-state index is 0.106. The number of fused-ring (bicyclic) bond motifs is 2. The van der Waals surface area contributed by atoms with Gasteiger partial charge in [0.2, 0.25) is 5.78 Å². The van der Waals surface area contributed by atoms with Gasteiger partial charge >= 0.3 is 0 Å². The smallest absolute Gasteiger partial charge is 0.223 e. The Morgan fingerprint density at radius 1 is 1.32 bits per heavy atom. The third-order valence-corrected chi connectivity index (χ3v) is 6.10. The molecule has 4 aromatic rings. The van der Waals surface area contributed by atoms with E-state index in [2.05, 4.69) is 4.98 Å². The number of aromatic nitrogens is 2. The summed E-state index contributed by atoms with van der Waals surface area (Å²) in [4.78, 5) is 18.7. The van der Waals surface area contributed by atoms with Crippen molar-refractivity contribution in [3.63, 3.8) is 0 Å². The highest BCUT2D eigenvalue weighted by molar-refractivity contribution is 7.21. The van der Waals surface area contributed by atoms with Crippen molar-refractivity contribution in [3.8, 4) is 0 Å². The molecule has 3 heterocycles. The zero-order valence-electron chi connectivity index (χ0n) is 11.3. The third-order valence-electron chi connectivity index (χ3n) is 3.45. The summed E-state index contributed by atoms with van der Waals surface area (Å²) in [7, 11) is 0. The second-order valence-electron chi connectivity index (χ2n) is 4.82. The van der Waals surface area contributed by atoms with Crippen molar-refractivity contribution >= 4 is 66.7 Å². The second kappa shape index (κ2) is 5.06. The molecule has 0 saturated heterocycles. The first-order valence-electron chi connectivity index (χ1n) is 6.40. The van der Waals surface area contributed by atoms with Crippen LogP contribution >= 0.6 is 45.9 Å². The zero-order chi connectivity index (χ0) is 15.4. The highest BCUT2D eigenvalue weighted by Crippen LogP contribution is 2.38. The van der Waals surface area contributed by atoms with Crippen molar-refractivity contribution in [1.82, 2.24) is 9.38 Å². The SMILES string of the molecule is Cc1nc2sccn2c1C(=O)c1sc2cc(Cl)ccc2c1Cl. The largest absolute Gasteiger partial charge is 0.287 e. The number of benzene rings is 1. The zero-order valence-corrected chi connectivity index (χ0v) is 14.4. The summed E-state index contributed by atoms with van der Waals surface area (Å²) in [6, 6.07) is 5.45. The van der Waals surface area contributed by atoms with Gasteiger partial charge in [0, 0.05) is 26.7 Å². The van der Waals surface area contributed by atoms with Gasteiger partial charge < -0.3 is 0 Å². The van der Waals surface area contributed by atoms with Crippen LogP contribution in [-0.4, -0.2) is 15.2 Å². The van der Waals surface area contributed by atoms with Gasteiger partial charge in [0.05, 0.1) is 15.6 Å². The molecule has 7 heteroatoms. The minimum atomic E-state index is -0.106. The Morgan fingerprint density at radius 2 is 2.14 bits per heavy atom. The number of carbonyl (C=O) groups excluding carboxylic acids is 1. The van der Waals surface area contributed by atoms with Gasteiger partial charge in [0.15, 0.2) is 4.96 Å². The molecule has 0 aliphatic rings. The molecule has 0 aliphatic carbocycles. The molecule has 0 saturated carbocycles. The summed E-state index contributed by atoms with van der Waals surface area (Å²) in [5.74, 6) is -0.106. The Balaban J connectivity index is 1.95. The van der Waals surface area contributed by atoms with E-state index in [1.807, 2.05) is 35.0 Å². The van der Waals surface area contributed by atoms with Crippen LogP contribution in [0.3, 0.4) is 0 Å². The number of carbonyl (C=O) groups is 1. The summed E-state index contributed by atoms with van der Waals surface area (Å²) in [5.41, 5.74) is 1.28. The van der Waals surface area contributed by atoms with Gasteiger partial charge in [-0.3, -0.25) is 9.20 Å². The Labute approximate surface area is 143 Å². The quantitative estimate of drug-likeness (QED) is 0.441. The predicted molar refractivity (Wildman–Crippen MR) is 93.1 cm³/mol. The molecular weight excluding hydrogens is 359 g/mol. The standard InChI is InChI=1S/C15H8Cl2N2OS2/c1-7-12(19-4-5-21-15(19)18-7)13(20)14-11(17)9-3-2-8(16)6-10(9)22-14/h2-6H,1H3. The first kappa shape index (κ1) is 14.2. The van der Waals surface area contributed by atoms with Gasteiger partial charge in [-0.2, -0.15) is 0 Å². The molecule has 0 amide bonds. The number of ketones is 1. The van der Waals surface area contributed by atoms with Gasteiger partial charge in [-0.15, -0.1) is 22.7 Å². The molecule has 0 N–H and O–H groups in total. The van der Waals surface area contributed by atoms with Crippen molar-refractivity contribution in [2.45, 2.75) is 6.92 Å². The summed E-state index contributed by atoms with van der Waals surface area (Å²) in [6.07, 6.45) is 1.85. The molecular formula is C15H8Cl2N2OS2. The van der Waals surface area contributed by atoms with Gasteiger partial charge in [0.25, 0.3) is 0 Å². The second-order valence-corrected chi connectivity index (χ2v) is 7.56. The lowest BCUT2D eigenvalue weighted by Gasteiger charge is -1.99. The van der Waals surface area contributed by atoms with Crippen LogP contribution in [0.2, 0.25) is 10.0 Å². The minimum Gasteiger partial charge on any atom is -0.287 e. The Bertz CT molecular complexity index is 1040. The maximum atomic E-state index is 13.0. The molecule has 0 spiro atoms. The maximum Gasteiger partial charge on any atom is 0.223 e. The highest BCUT2D eigenvalue weighted by Gasteiger charge is 2.24. The molecule has 0 atom stereocenters. The van der Waals surface area contributed by atoms with Crippen LogP contribution in [0.15, 0.2) is 29.8 Å². The van der Waals surface area contributed by atoms with E-state index in [1.165, 1.54) is 22.7 Å². The van der Waals surface area contributed by atoms with Crippen LogP contribution in [0.4, 0.5) is 0 Å². The number of imidazole rings is 1. The molecule has 3 nitrogen and oxygen atoms in total. The van der Waals surface area contributed by atoms with E-state index in [4.69, 9.17) is 23.2 Å². The monoisotopic (exact) mass is 366 g/mol. The fraction of sp³-hybridized carbons (Fsp3) is 0.0667. The molecule has 0 fully saturated rings. The number of thiazole rings is 1. The van der Waals surface area contributed by atoms with Crippen molar-refractivity contribution in [2.24, 2.45) is 0 Å². The van der Waals surface area contributed by atoms with Crippen LogP contribution in [0.5, 0.6) is 0 Å². The number of halogens is 2. The van der Waals surface area contributed by atoms with Crippen molar-refractivity contribution in [1.29, 1.82) is 0 Å². The number of rotatable bonds is 2. The predicted octanol–water partition coefficient (Wildman–Crippen LogP) is 5.46. The van der Waals surface area contributed by atoms with Gasteiger partial charge in [-0.1, -0.05) is 29.3 Å². The van der Waals surface area contributed by atoms with E-state index in [9.17, 15) is 4.79 Å². The van der Waals surface area contributed by atoms with E-state index in [0.29, 0.717) is 26.3 Å². The Hall–Kier alpha value is -1.40. The third kappa shape index (κ3) is 2.01. The van der Waals surface area contributed by atoms with Crippen molar-refractivity contribution < 1.29 is 4.79 Å². The summed E-state index contributed by atoms with van der Waals surface area (Å²) < 4.78 is 2.72. The van der Waals surface area contributed by atoms with Crippen LogP contribution in [0.1, 0.15) is 21.1 Å². The maximum absolute atomic E-state index is 13.0. The summed E-state index contributed by atoms with van der Waals surface area (Å²) in [5, 5.41) is 3.87. The number of thiophene rings is 1. The number of hydrogen-bond acceptors (Lipinski definition) is 4. The lowest BCUT2D eigenvalue weighted by molar-refractivity contribution is 0.103. The Kier molecular flexibility index (Phi) is 3.27. The summed E-state index contributed by atoms with van der Waals surface area (Å²) in [6.45, 7) is 1.84. The van der Waals surface area contributed by atoms with E-state index in [0.717, 1.165) is 15.0 Å². The van der Waals surface area contributed by atoms with Crippen LogP contribution in [0, 0.1) is 6.92 Å². The molecule has 110 valence electrons. The molecule has 0 aliphatic heterocycles. The van der Waals surface area contributed by atoms with Gasteiger partial charge in [-0.25, -0.2) is 4.98 Å². The van der Waals surface area contributed by atoms with Crippen molar-refractivity contribution in [3.05, 3.63) is 56.1 Å². The lowest BCUT2D eigenvalue weighted by atomic mass is 10.2. The fourth-order valence-electron chi connectivity index (χ4n) is 2.46. The van der Waals surface area contributed by atoms with E-state index in [-0.39, 0.29) is 5.78 Å². The average molecular weight is 367 g/mol. The van der Waals surface area contributed by atoms with Crippen LogP contribution in [-0.2, 0) is 0 Å². The fourth-order valence-corrected chi connectivity index (χ4v) is 4.95. The van der Waals surface area contributed by atoms with E-state index >= 15 is 0 Å². The lowest BCUT2D eigenvalue weighted by Crippen LogP contribution is -2.04. The molecule has 1 aromatic carbocycles. The molecule has 22 heavy (non-hydrogen) atoms. The molecule has 3 aromatic heterocycles. The number of aryl methyl sites for hydroxylation is 1. The van der Waals surface area contributed by atoms with E-state index < -0.39 is 0 Å². The summed E-state index contributed by atoms with van der Waals surface area (Å²) >= 11 is 15.3. The normalized spacial score (nSPS) is 11.6. The average Bonchev–Trinajstić information content (AvgIpc) is 3.11. The number of hydrogen-bond donors (Lipinski definition) is 0. The van der Waals surface area contributed by atoms with Crippen LogP contribution < -0.4 is 0 Å². The number of nitrogens with zero attached hydrogens (tertiary/aromatic N) is 2. The first-order valence-corrected chi connectivity index (χ1v) is 8.86. The first-order chi connectivity index (χ1) is 10.6. The molecule has 0 bridgehead atoms. The van der Waals surface area contributed by atoms with Gasteiger partial charge in [-0.05, 0) is 19.1 Å². The van der Waals surface area contributed by atoms with E-state index in [1.54, 1.807) is 6.07 Å². The van der Waals surface area contributed by atoms with Crippen molar-refractivity contribution in [2.75, 3.05) is 0 Å². The Morgan fingerprint density at radius 3 is 2.95 bits per heavy atom.